The summed E-state index contributed by atoms with van der Waals surface area (Å²) < 4.78 is 24.6. The van der Waals surface area contributed by atoms with E-state index in [4.69, 9.17) is 23.6 Å². The van der Waals surface area contributed by atoms with Crippen LogP contribution in [-0.2, 0) is 7.05 Å². The number of aromatic nitrogens is 3. The Morgan fingerprint density at radius 2 is 2.07 bits per heavy atom. The van der Waals surface area contributed by atoms with Crippen LogP contribution in [0, 0.1) is 0 Å². The molecule has 0 spiro atoms. The first-order valence-electron chi connectivity index (χ1n) is 9.02. The highest BCUT2D eigenvalue weighted by Crippen LogP contribution is 2.47. The van der Waals surface area contributed by atoms with Crippen LogP contribution in [-0.4, -0.2) is 28.7 Å². The van der Waals surface area contributed by atoms with Gasteiger partial charge < -0.3 is 23.7 Å². The van der Waals surface area contributed by atoms with Crippen molar-refractivity contribution < 1.29 is 18.6 Å². The first-order valence-corrected chi connectivity index (χ1v) is 9.02. The Morgan fingerprint density at radius 3 is 2.93 bits per heavy atom. The molecule has 0 atom stereocenters. The molecule has 1 aliphatic rings. The highest BCUT2D eigenvalue weighted by Gasteiger charge is 2.25. The summed E-state index contributed by atoms with van der Waals surface area (Å²) in [6, 6.07) is 8.54. The maximum absolute atomic E-state index is 11.8. The summed E-state index contributed by atoms with van der Waals surface area (Å²) >= 11 is 0. The highest BCUT2D eigenvalue weighted by atomic mass is 16.7. The third-order valence-corrected chi connectivity index (χ3v) is 5.26. The Bertz CT molecular complexity index is 1510. The number of hydrogen-bond acceptors (Lipinski definition) is 6. The van der Waals surface area contributed by atoms with Gasteiger partial charge in [-0.3, -0.25) is 9.48 Å². The van der Waals surface area contributed by atoms with Gasteiger partial charge >= 0.3 is 0 Å². The predicted octanol–water partition coefficient (Wildman–Crippen LogP) is 3.57. The standard InChI is InChI=1S/C21H15N3O5/c1-24-21-13(8-22-24)17(10-5-15(26-2)19-16(6-10)27-9-28-19)20-18(23-21)12-4-3-11(25)7-14(12)29-20/h3-8,22H,9H2,1-2H3. The van der Waals surface area contributed by atoms with Crippen molar-refractivity contribution >= 4 is 33.1 Å². The Balaban J connectivity index is 1.79. The molecule has 0 saturated carbocycles. The largest absolute Gasteiger partial charge is 0.493 e. The summed E-state index contributed by atoms with van der Waals surface area (Å²) in [5, 5.41) is 4.83. The number of fused-ring (bicyclic) bond motifs is 5. The first-order chi connectivity index (χ1) is 14.1. The Hall–Kier alpha value is -3.94. The third-order valence-electron chi connectivity index (χ3n) is 5.26. The number of nitrogens with one attached hydrogen (secondary N) is 1. The summed E-state index contributed by atoms with van der Waals surface area (Å²) in [5.41, 5.74) is 4.12. The fraction of sp³-hybridized carbons (Fsp3) is 0.143. The van der Waals surface area contributed by atoms with Gasteiger partial charge in [-0.1, -0.05) is 0 Å². The number of ether oxygens (including phenoxy) is 3. The quantitative estimate of drug-likeness (QED) is 0.496. The van der Waals surface area contributed by atoms with E-state index in [0.717, 1.165) is 27.5 Å². The van der Waals surface area contributed by atoms with Crippen LogP contribution >= 0.6 is 0 Å². The fourth-order valence-corrected chi connectivity index (χ4v) is 3.92. The molecule has 0 saturated heterocycles. The average Bonchev–Trinajstić information content (AvgIpc) is 3.42. The SMILES string of the molecule is COc1cc(-c2c3c[nH]n(C)c3nc3c2oc2cc(=O)ccc23)cc2c1OCO2. The van der Waals surface area contributed by atoms with E-state index in [1.807, 2.05) is 30.1 Å². The van der Waals surface area contributed by atoms with Crippen LogP contribution in [0.2, 0.25) is 0 Å². The lowest BCUT2D eigenvalue weighted by atomic mass is 10.0. The molecule has 5 aromatic rings. The zero-order valence-corrected chi connectivity index (χ0v) is 15.6. The number of H-pyrrole nitrogens is 1. The molecule has 4 heterocycles. The number of pyridine rings is 1. The summed E-state index contributed by atoms with van der Waals surface area (Å²) in [4.78, 5) is 16.6. The zero-order chi connectivity index (χ0) is 19.7. The van der Waals surface area contributed by atoms with Crippen LogP contribution in [0.1, 0.15) is 0 Å². The summed E-state index contributed by atoms with van der Waals surface area (Å²) in [6.45, 7) is 0.145. The fourth-order valence-electron chi connectivity index (χ4n) is 3.92. The van der Waals surface area contributed by atoms with E-state index >= 15 is 0 Å². The van der Waals surface area contributed by atoms with Gasteiger partial charge in [0.1, 0.15) is 11.1 Å². The van der Waals surface area contributed by atoms with Crippen molar-refractivity contribution in [2.24, 2.45) is 7.05 Å². The molecule has 0 unspecified atom stereocenters. The van der Waals surface area contributed by atoms with Gasteiger partial charge in [-0.05, 0) is 29.8 Å². The number of nitrogens with zero attached hydrogens (tertiary/aromatic N) is 2. The maximum Gasteiger partial charge on any atom is 0.231 e. The Labute approximate surface area is 163 Å². The van der Waals surface area contributed by atoms with Crippen molar-refractivity contribution in [2.75, 3.05) is 13.9 Å². The lowest BCUT2D eigenvalue weighted by molar-refractivity contribution is 0.171. The average molecular weight is 389 g/mol. The van der Waals surface area contributed by atoms with E-state index in [9.17, 15) is 4.79 Å². The van der Waals surface area contributed by atoms with E-state index in [1.54, 1.807) is 13.2 Å². The number of furan rings is 1. The molecule has 6 rings (SSSR count). The first kappa shape index (κ1) is 16.1. The number of rotatable bonds is 2. The van der Waals surface area contributed by atoms with Gasteiger partial charge in [0.2, 0.25) is 12.5 Å². The van der Waals surface area contributed by atoms with Crippen LogP contribution in [0.5, 0.6) is 17.2 Å². The van der Waals surface area contributed by atoms with Crippen LogP contribution in [0.4, 0.5) is 0 Å². The summed E-state index contributed by atoms with van der Waals surface area (Å²) in [5.74, 6) is 1.76. The molecule has 29 heavy (non-hydrogen) atoms. The minimum atomic E-state index is -0.110. The maximum atomic E-state index is 11.8. The number of hydrogen-bond donors (Lipinski definition) is 1. The molecular weight excluding hydrogens is 374 g/mol. The molecule has 0 amide bonds. The second-order valence-corrected chi connectivity index (χ2v) is 6.91. The number of benzene rings is 2. The van der Waals surface area contributed by atoms with Crippen molar-refractivity contribution in [3.05, 3.63) is 46.8 Å². The molecule has 0 fully saturated rings. The molecule has 144 valence electrons. The molecule has 8 nitrogen and oxygen atoms in total. The normalized spacial score (nSPS) is 13.0. The lowest BCUT2D eigenvalue weighted by Crippen LogP contribution is -1.94. The molecule has 8 heteroatoms. The minimum absolute atomic E-state index is 0.110. The number of methoxy groups -OCH3 is 1. The molecule has 1 aliphatic heterocycles. The molecule has 0 aliphatic carbocycles. The van der Waals surface area contributed by atoms with Crippen molar-refractivity contribution in [2.45, 2.75) is 0 Å². The van der Waals surface area contributed by atoms with Gasteiger partial charge in [0.15, 0.2) is 28.2 Å². The molecule has 3 aromatic heterocycles. The van der Waals surface area contributed by atoms with Gasteiger partial charge in [-0.2, -0.15) is 0 Å². The lowest BCUT2D eigenvalue weighted by Gasteiger charge is -2.10. The smallest absolute Gasteiger partial charge is 0.231 e. The highest BCUT2D eigenvalue weighted by molar-refractivity contribution is 6.14. The zero-order valence-electron chi connectivity index (χ0n) is 15.6. The van der Waals surface area contributed by atoms with E-state index in [2.05, 4.69) is 5.10 Å². The van der Waals surface area contributed by atoms with Crippen molar-refractivity contribution in [3.8, 4) is 28.4 Å². The monoisotopic (exact) mass is 389 g/mol. The third kappa shape index (κ3) is 2.13. The van der Waals surface area contributed by atoms with Crippen molar-refractivity contribution in [1.82, 2.24) is 14.8 Å². The van der Waals surface area contributed by atoms with E-state index < -0.39 is 0 Å². The van der Waals surface area contributed by atoms with E-state index in [1.165, 1.54) is 12.1 Å². The van der Waals surface area contributed by atoms with Gasteiger partial charge in [0.25, 0.3) is 0 Å². The van der Waals surface area contributed by atoms with Crippen LogP contribution in [0.25, 0.3) is 44.2 Å². The summed E-state index contributed by atoms with van der Waals surface area (Å²) in [6.07, 6.45) is 1.88. The van der Waals surface area contributed by atoms with Gasteiger partial charge in [-0.15, -0.1) is 0 Å². The minimum Gasteiger partial charge on any atom is -0.493 e. The molecular formula is C21H15N3O5. The number of aromatic amines is 1. The molecule has 1 N–H and O–H groups in total. The van der Waals surface area contributed by atoms with Gasteiger partial charge in [0, 0.05) is 35.6 Å². The van der Waals surface area contributed by atoms with Crippen molar-refractivity contribution in [1.29, 1.82) is 0 Å². The molecule has 2 aromatic carbocycles. The van der Waals surface area contributed by atoms with Crippen LogP contribution in [0.15, 0.2) is 45.7 Å². The Kier molecular flexibility index (Phi) is 3.07. The van der Waals surface area contributed by atoms with Crippen molar-refractivity contribution in [3.63, 3.8) is 0 Å². The molecule has 0 radical (unpaired) electrons. The second kappa shape index (κ2) is 5.54. The van der Waals surface area contributed by atoms with Gasteiger partial charge in [-0.25, -0.2) is 4.98 Å². The molecule has 0 bridgehead atoms. The number of aryl methyl sites for hydroxylation is 1. The topological polar surface area (TPSA) is 91.5 Å². The predicted molar refractivity (Wildman–Crippen MR) is 107 cm³/mol. The van der Waals surface area contributed by atoms with E-state index in [0.29, 0.717) is 33.9 Å². The van der Waals surface area contributed by atoms with Gasteiger partial charge in [0.05, 0.1) is 7.11 Å². The summed E-state index contributed by atoms with van der Waals surface area (Å²) in [7, 11) is 3.48. The Morgan fingerprint density at radius 1 is 1.17 bits per heavy atom. The second-order valence-electron chi connectivity index (χ2n) is 6.91. The van der Waals surface area contributed by atoms with E-state index in [-0.39, 0.29) is 12.2 Å². The van der Waals surface area contributed by atoms with Crippen LogP contribution < -0.4 is 19.6 Å². The van der Waals surface area contributed by atoms with Crippen LogP contribution in [0.3, 0.4) is 0 Å².